The number of likely N-dealkylation sites (N-methyl/N-ethyl adjacent to an activating group) is 1. The zero-order valence-corrected chi connectivity index (χ0v) is 18.9. The highest BCUT2D eigenvalue weighted by Gasteiger charge is 2.16. The molecule has 0 aliphatic rings. The Balaban J connectivity index is 1.74. The summed E-state index contributed by atoms with van der Waals surface area (Å²) in [6.45, 7) is 1.21. The highest BCUT2D eigenvalue weighted by atomic mass is 35.5. The third-order valence-electron chi connectivity index (χ3n) is 4.97. The number of amides is 1. The molecule has 0 saturated heterocycles. The van der Waals surface area contributed by atoms with E-state index < -0.39 is 5.82 Å². The maximum absolute atomic E-state index is 14.6. The molecule has 0 atom stereocenters. The Bertz CT molecular complexity index is 1310. The average Bonchev–Trinajstić information content (AvgIpc) is 2.80. The van der Waals surface area contributed by atoms with Gasteiger partial charge in [-0.15, -0.1) is 0 Å². The number of pyridine rings is 3. The van der Waals surface area contributed by atoms with Gasteiger partial charge in [-0.3, -0.25) is 9.78 Å². The summed E-state index contributed by atoms with van der Waals surface area (Å²) in [5.41, 5.74) is 2.63. The number of halogens is 2. The summed E-state index contributed by atoms with van der Waals surface area (Å²) in [4.78, 5) is 27.7. The van der Waals surface area contributed by atoms with Crippen molar-refractivity contribution in [2.75, 3.05) is 32.5 Å². The van der Waals surface area contributed by atoms with E-state index in [0.717, 1.165) is 5.39 Å². The Morgan fingerprint density at radius 1 is 1.12 bits per heavy atom. The molecule has 4 aromatic rings. The van der Waals surface area contributed by atoms with Crippen LogP contribution in [0.4, 0.5) is 15.8 Å². The minimum Gasteiger partial charge on any atom is -0.354 e. The highest BCUT2D eigenvalue weighted by Crippen LogP contribution is 2.32. The van der Waals surface area contributed by atoms with Gasteiger partial charge in [0.05, 0.1) is 22.6 Å². The van der Waals surface area contributed by atoms with Crippen LogP contribution in [0.3, 0.4) is 0 Å². The summed E-state index contributed by atoms with van der Waals surface area (Å²) in [6, 6.07) is 11.4. The van der Waals surface area contributed by atoms with E-state index in [1.54, 1.807) is 30.6 Å². The Morgan fingerprint density at radius 2 is 1.97 bits per heavy atom. The third-order valence-corrected chi connectivity index (χ3v) is 5.20. The molecule has 9 heteroatoms. The fraction of sp³-hybridized carbons (Fsp3) is 0.167. The summed E-state index contributed by atoms with van der Waals surface area (Å²) in [5, 5.41) is 7.31. The van der Waals surface area contributed by atoms with Gasteiger partial charge >= 0.3 is 0 Å². The zero-order valence-electron chi connectivity index (χ0n) is 18.1. The predicted molar refractivity (Wildman–Crippen MR) is 128 cm³/mol. The molecule has 0 fully saturated rings. The van der Waals surface area contributed by atoms with E-state index in [0.29, 0.717) is 46.4 Å². The van der Waals surface area contributed by atoms with Gasteiger partial charge in [-0.05, 0) is 56.6 Å². The van der Waals surface area contributed by atoms with Gasteiger partial charge in [0.2, 0.25) is 0 Å². The summed E-state index contributed by atoms with van der Waals surface area (Å²) in [5.74, 6) is -0.692. The molecule has 168 valence electrons. The maximum atomic E-state index is 14.6. The summed E-state index contributed by atoms with van der Waals surface area (Å²) in [6.07, 6.45) is 4.72. The number of nitrogens with zero attached hydrogens (tertiary/aromatic N) is 4. The van der Waals surface area contributed by atoms with Crippen molar-refractivity contribution in [3.05, 3.63) is 77.5 Å². The Kier molecular flexibility index (Phi) is 6.76. The molecule has 3 heterocycles. The van der Waals surface area contributed by atoms with Crippen molar-refractivity contribution in [1.29, 1.82) is 0 Å². The zero-order chi connectivity index (χ0) is 23.4. The molecule has 0 radical (unpaired) electrons. The van der Waals surface area contributed by atoms with Gasteiger partial charge in [-0.1, -0.05) is 11.6 Å². The topological polar surface area (TPSA) is 83.0 Å². The lowest BCUT2D eigenvalue weighted by molar-refractivity contribution is 0.0951. The maximum Gasteiger partial charge on any atom is 0.255 e. The van der Waals surface area contributed by atoms with E-state index in [1.807, 2.05) is 25.1 Å². The fourth-order valence-corrected chi connectivity index (χ4v) is 3.48. The van der Waals surface area contributed by atoms with Crippen LogP contribution < -0.4 is 10.6 Å². The van der Waals surface area contributed by atoms with Gasteiger partial charge in [0.1, 0.15) is 5.82 Å². The summed E-state index contributed by atoms with van der Waals surface area (Å²) in [7, 11) is 3.87. The minimum atomic E-state index is -0.446. The van der Waals surface area contributed by atoms with E-state index in [-0.39, 0.29) is 11.5 Å². The number of nitrogens with one attached hydrogen (secondary N) is 2. The lowest BCUT2D eigenvalue weighted by atomic mass is 10.1. The number of carbonyl (C=O) groups is 1. The van der Waals surface area contributed by atoms with Crippen molar-refractivity contribution >= 4 is 39.9 Å². The molecular weight excluding hydrogens is 443 g/mol. The first-order valence-electron chi connectivity index (χ1n) is 10.3. The number of carbonyl (C=O) groups excluding carboxylic acids is 1. The Hall–Kier alpha value is -3.62. The second-order valence-electron chi connectivity index (χ2n) is 7.66. The van der Waals surface area contributed by atoms with E-state index in [4.69, 9.17) is 11.6 Å². The quantitative estimate of drug-likeness (QED) is 0.418. The highest BCUT2D eigenvalue weighted by molar-refractivity contribution is 6.30. The van der Waals surface area contributed by atoms with Crippen molar-refractivity contribution < 1.29 is 9.18 Å². The molecule has 0 spiro atoms. The molecular formula is C24H22ClFN6O. The molecule has 33 heavy (non-hydrogen) atoms. The molecule has 0 aliphatic carbocycles. The number of fused-ring (bicyclic) bond motifs is 1. The van der Waals surface area contributed by atoms with Crippen molar-refractivity contribution in [2.45, 2.75) is 0 Å². The second kappa shape index (κ2) is 9.89. The Morgan fingerprint density at radius 3 is 2.79 bits per heavy atom. The fourth-order valence-electron chi connectivity index (χ4n) is 3.31. The van der Waals surface area contributed by atoms with Crippen LogP contribution >= 0.6 is 11.6 Å². The van der Waals surface area contributed by atoms with Crippen LogP contribution in [0.2, 0.25) is 5.02 Å². The SMILES string of the molecule is CN(C)CCNC(=O)c1cnccc1Nc1cc(-c2cc(Cl)ccc2F)nc2ncccc12. The average molecular weight is 465 g/mol. The molecule has 7 nitrogen and oxygen atoms in total. The molecule has 0 bridgehead atoms. The van der Waals surface area contributed by atoms with E-state index in [1.165, 1.54) is 24.4 Å². The number of hydrogen-bond acceptors (Lipinski definition) is 6. The number of rotatable bonds is 7. The van der Waals surface area contributed by atoms with Crippen LogP contribution in [-0.2, 0) is 0 Å². The van der Waals surface area contributed by atoms with Gasteiger partial charge in [0.25, 0.3) is 5.91 Å². The first-order chi connectivity index (χ1) is 15.9. The molecule has 0 aliphatic heterocycles. The smallest absolute Gasteiger partial charge is 0.255 e. The second-order valence-corrected chi connectivity index (χ2v) is 8.10. The first-order valence-corrected chi connectivity index (χ1v) is 10.7. The molecule has 1 aromatic carbocycles. The van der Waals surface area contributed by atoms with Gasteiger partial charge in [0, 0.05) is 47.7 Å². The van der Waals surface area contributed by atoms with Gasteiger partial charge in [0.15, 0.2) is 5.65 Å². The summed E-state index contributed by atoms with van der Waals surface area (Å²) >= 11 is 6.09. The van der Waals surface area contributed by atoms with Crippen LogP contribution in [0.5, 0.6) is 0 Å². The van der Waals surface area contributed by atoms with Gasteiger partial charge in [-0.2, -0.15) is 0 Å². The van der Waals surface area contributed by atoms with E-state index in [2.05, 4.69) is 25.6 Å². The number of benzene rings is 1. The van der Waals surface area contributed by atoms with Crippen LogP contribution in [0, 0.1) is 5.82 Å². The first kappa shape index (κ1) is 22.6. The molecule has 0 saturated carbocycles. The largest absolute Gasteiger partial charge is 0.354 e. The van der Waals surface area contributed by atoms with Crippen molar-refractivity contribution in [3.63, 3.8) is 0 Å². The van der Waals surface area contributed by atoms with Crippen LogP contribution in [0.15, 0.2) is 61.1 Å². The minimum absolute atomic E-state index is 0.245. The Labute approximate surface area is 195 Å². The summed E-state index contributed by atoms with van der Waals surface area (Å²) < 4.78 is 14.6. The monoisotopic (exact) mass is 464 g/mol. The van der Waals surface area contributed by atoms with Gasteiger partial charge < -0.3 is 15.5 Å². The van der Waals surface area contributed by atoms with E-state index >= 15 is 0 Å². The van der Waals surface area contributed by atoms with Crippen LogP contribution in [0.1, 0.15) is 10.4 Å². The standard InChI is InChI=1S/C24H22ClFN6O/c1-32(2)11-10-29-24(33)18-14-27-9-7-20(18)30-21-13-22(17-12-15(25)5-6-19(17)26)31-23-16(21)4-3-8-28-23/h3-9,12-14H,10-11H2,1-2H3,(H,29,33)(H,27,28,30,31). The third kappa shape index (κ3) is 5.24. The molecule has 1 amide bonds. The van der Waals surface area contributed by atoms with Crippen molar-refractivity contribution in [3.8, 4) is 11.3 Å². The molecule has 2 N–H and O–H groups in total. The van der Waals surface area contributed by atoms with Crippen LogP contribution in [-0.4, -0.2) is 52.9 Å². The van der Waals surface area contributed by atoms with E-state index in [9.17, 15) is 9.18 Å². The normalized spacial score (nSPS) is 11.1. The number of aromatic nitrogens is 3. The van der Waals surface area contributed by atoms with Crippen molar-refractivity contribution in [1.82, 2.24) is 25.2 Å². The predicted octanol–water partition coefficient (Wildman–Crippen LogP) is 4.52. The molecule has 0 unspecified atom stereocenters. The lowest BCUT2D eigenvalue weighted by Crippen LogP contribution is -2.31. The molecule has 3 aromatic heterocycles. The lowest BCUT2D eigenvalue weighted by Gasteiger charge is -2.15. The number of hydrogen-bond donors (Lipinski definition) is 2. The number of anilines is 2. The molecule has 4 rings (SSSR count). The van der Waals surface area contributed by atoms with Crippen molar-refractivity contribution in [2.24, 2.45) is 0 Å². The van der Waals surface area contributed by atoms with Crippen LogP contribution in [0.25, 0.3) is 22.3 Å². The van der Waals surface area contributed by atoms with Gasteiger partial charge in [-0.25, -0.2) is 14.4 Å².